The number of likely N-dealkylation sites (N-methyl/N-ethyl adjacent to an activating group) is 1. The first kappa shape index (κ1) is 26.7. The van der Waals surface area contributed by atoms with Gasteiger partial charge in [0, 0.05) is 19.8 Å². The predicted octanol–water partition coefficient (Wildman–Crippen LogP) is 2.68. The van der Waals surface area contributed by atoms with E-state index in [2.05, 4.69) is 25.1 Å². The van der Waals surface area contributed by atoms with Crippen LogP contribution in [0.2, 0.25) is 5.02 Å². The van der Waals surface area contributed by atoms with Gasteiger partial charge in [0.1, 0.15) is 12.2 Å². The molecule has 10 nitrogen and oxygen atoms in total. The summed E-state index contributed by atoms with van der Waals surface area (Å²) in [6.07, 6.45) is -3.11. The maximum atomic E-state index is 14.8. The topological polar surface area (TPSA) is 120 Å². The number of ether oxygens (including phenoxy) is 1. The fourth-order valence-electron chi connectivity index (χ4n) is 2.48. The Balaban J connectivity index is 2.49. The van der Waals surface area contributed by atoms with Crippen LogP contribution < -0.4 is 15.1 Å². The van der Waals surface area contributed by atoms with Gasteiger partial charge in [-0.2, -0.15) is 23.3 Å². The minimum absolute atomic E-state index is 0.0277. The number of carbonyl (C=O) groups excluding carboxylic acids is 2. The number of amidine groups is 1. The van der Waals surface area contributed by atoms with E-state index in [-0.39, 0.29) is 23.2 Å². The summed E-state index contributed by atoms with van der Waals surface area (Å²) >= 11 is 5.91. The Bertz CT molecular complexity index is 1070. The molecule has 2 heterocycles. The van der Waals surface area contributed by atoms with E-state index in [9.17, 15) is 32.3 Å². The molecule has 0 aliphatic rings. The van der Waals surface area contributed by atoms with Crippen molar-refractivity contribution in [3.63, 3.8) is 0 Å². The van der Waals surface area contributed by atoms with E-state index in [0.717, 1.165) is 9.91 Å². The summed E-state index contributed by atoms with van der Waals surface area (Å²) in [5, 5.41) is 16.3. The van der Waals surface area contributed by atoms with Gasteiger partial charge in [0.05, 0.1) is 5.02 Å². The van der Waals surface area contributed by atoms with E-state index in [4.69, 9.17) is 11.6 Å². The number of nitrogens with zero attached hydrogens (tertiary/aromatic N) is 5. The van der Waals surface area contributed by atoms with Gasteiger partial charge < -0.3 is 15.2 Å². The van der Waals surface area contributed by atoms with Crippen LogP contribution in [0.3, 0.4) is 0 Å². The molecule has 2 aromatic rings. The number of hydrazone groups is 1. The molecule has 0 aliphatic carbocycles. The predicted molar refractivity (Wildman–Crippen MR) is 114 cm³/mol. The first-order valence-corrected chi connectivity index (χ1v) is 9.84. The molecule has 0 aromatic carbocycles. The smallest absolute Gasteiger partial charge is 0.422 e. The lowest BCUT2D eigenvalue weighted by molar-refractivity contribution is -0.154. The molecule has 0 saturated heterocycles. The van der Waals surface area contributed by atoms with E-state index < -0.39 is 48.4 Å². The summed E-state index contributed by atoms with van der Waals surface area (Å²) in [7, 11) is 1.17. The molecule has 184 valence electrons. The zero-order valence-corrected chi connectivity index (χ0v) is 18.6. The average molecular weight is 507 g/mol. The van der Waals surface area contributed by atoms with Crippen molar-refractivity contribution < 1.29 is 37.0 Å². The first-order chi connectivity index (χ1) is 16.0. The number of rotatable bonds is 9. The van der Waals surface area contributed by atoms with Crippen LogP contribution in [0, 0.1) is 5.82 Å². The highest BCUT2D eigenvalue weighted by atomic mass is 35.5. The number of aliphatic hydroxyl groups is 1. The minimum atomic E-state index is -4.78. The van der Waals surface area contributed by atoms with E-state index in [1.165, 1.54) is 25.4 Å². The van der Waals surface area contributed by atoms with Crippen molar-refractivity contribution in [1.82, 2.24) is 14.9 Å². The van der Waals surface area contributed by atoms with Gasteiger partial charge in [0.15, 0.2) is 29.9 Å². The van der Waals surface area contributed by atoms with Gasteiger partial charge in [-0.15, -0.1) is 0 Å². The van der Waals surface area contributed by atoms with Gasteiger partial charge in [-0.1, -0.05) is 11.6 Å². The summed E-state index contributed by atoms with van der Waals surface area (Å²) in [6, 6.07) is 3.48. The number of amides is 2. The average Bonchev–Trinajstić information content (AvgIpc) is 2.78. The van der Waals surface area contributed by atoms with Gasteiger partial charge in [0.2, 0.25) is 12.3 Å². The molecule has 0 spiro atoms. The molecule has 34 heavy (non-hydrogen) atoms. The number of aliphatic hydroxyl groups excluding tert-OH is 1. The summed E-state index contributed by atoms with van der Waals surface area (Å²) in [4.78, 5) is 32.2. The van der Waals surface area contributed by atoms with Gasteiger partial charge in [-0.25, -0.2) is 14.4 Å². The van der Waals surface area contributed by atoms with Crippen LogP contribution in [-0.2, 0) is 4.79 Å². The molecule has 0 unspecified atom stereocenters. The molecular weight excluding hydrogens is 488 g/mol. The standard InChI is InChI=1S/C19H19ClF4N6O4/c1-3-30(10-32)14(8-31)28-29(2)16-13(21)7-11(18(27-16)34-9-19(22,23)24)17(33)26-15-12(20)5-4-6-25-15/h4-7,10,31H,3,8-9H2,1-2H3,(H,25,26,33)/b28-14-. The van der Waals surface area contributed by atoms with Crippen LogP contribution in [0.4, 0.5) is 29.2 Å². The van der Waals surface area contributed by atoms with Gasteiger partial charge in [-0.3, -0.25) is 14.5 Å². The highest BCUT2D eigenvalue weighted by Crippen LogP contribution is 2.28. The van der Waals surface area contributed by atoms with Gasteiger partial charge in [-0.05, 0) is 25.1 Å². The maximum Gasteiger partial charge on any atom is 0.422 e. The van der Waals surface area contributed by atoms with Crippen molar-refractivity contribution in [3.05, 3.63) is 40.8 Å². The number of aromatic nitrogens is 2. The second-order valence-electron chi connectivity index (χ2n) is 6.43. The molecule has 0 aliphatic heterocycles. The van der Waals surface area contributed by atoms with Crippen LogP contribution in [0.25, 0.3) is 0 Å². The lowest BCUT2D eigenvalue weighted by atomic mass is 10.2. The van der Waals surface area contributed by atoms with Crippen molar-refractivity contribution in [2.24, 2.45) is 5.10 Å². The molecule has 0 atom stereocenters. The Hall–Kier alpha value is -3.52. The lowest BCUT2D eigenvalue weighted by Crippen LogP contribution is -2.34. The summed E-state index contributed by atoms with van der Waals surface area (Å²) in [6.45, 7) is -0.814. The van der Waals surface area contributed by atoms with Gasteiger partial charge >= 0.3 is 6.18 Å². The van der Waals surface area contributed by atoms with E-state index in [0.29, 0.717) is 12.5 Å². The molecule has 0 bridgehead atoms. The Labute approximate surface area is 195 Å². The lowest BCUT2D eigenvalue weighted by Gasteiger charge is -2.21. The molecular formula is C19H19ClF4N6O4. The number of halogens is 5. The molecule has 0 saturated carbocycles. The molecule has 0 radical (unpaired) electrons. The summed E-state index contributed by atoms with van der Waals surface area (Å²) < 4.78 is 57.7. The number of carbonyl (C=O) groups is 2. The number of hydrogen-bond donors (Lipinski definition) is 2. The molecule has 0 fully saturated rings. The van der Waals surface area contributed by atoms with Crippen LogP contribution in [0.5, 0.6) is 5.88 Å². The number of hydrogen-bond acceptors (Lipinski definition) is 8. The zero-order chi connectivity index (χ0) is 25.5. The van der Waals surface area contributed by atoms with E-state index >= 15 is 0 Å². The minimum Gasteiger partial charge on any atom is -0.467 e. The third-order valence-electron chi connectivity index (χ3n) is 4.04. The van der Waals surface area contributed by atoms with E-state index in [1.807, 2.05) is 0 Å². The highest BCUT2D eigenvalue weighted by Gasteiger charge is 2.31. The number of alkyl halides is 3. The Morgan fingerprint density at radius 2 is 2.12 bits per heavy atom. The molecule has 2 aromatic heterocycles. The van der Waals surface area contributed by atoms with Gasteiger partial charge in [0.25, 0.3) is 5.91 Å². The number of pyridine rings is 2. The SMILES string of the molecule is CCN(C=O)/C(CO)=N\N(C)c1nc(OCC(F)(F)F)c(C(=O)Nc2ncccc2Cl)cc1F. The number of nitrogens with one attached hydrogen (secondary N) is 1. The highest BCUT2D eigenvalue weighted by molar-refractivity contribution is 6.33. The largest absolute Gasteiger partial charge is 0.467 e. The normalized spacial score (nSPS) is 11.7. The van der Waals surface area contributed by atoms with Crippen molar-refractivity contribution in [3.8, 4) is 5.88 Å². The summed E-state index contributed by atoms with van der Waals surface area (Å²) in [5.74, 6) is -4.05. The molecule has 2 N–H and O–H groups in total. The molecule has 2 rings (SSSR count). The van der Waals surface area contributed by atoms with Crippen LogP contribution in [0.1, 0.15) is 17.3 Å². The van der Waals surface area contributed by atoms with Crippen LogP contribution in [0.15, 0.2) is 29.5 Å². The maximum absolute atomic E-state index is 14.8. The quantitative estimate of drug-likeness (QED) is 0.176. The monoisotopic (exact) mass is 506 g/mol. The van der Waals surface area contributed by atoms with Crippen molar-refractivity contribution in [1.29, 1.82) is 0 Å². The van der Waals surface area contributed by atoms with Crippen LogP contribution in [-0.4, -0.2) is 71.1 Å². The third kappa shape index (κ3) is 6.99. The zero-order valence-electron chi connectivity index (χ0n) is 17.8. The van der Waals surface area contributed by atoms with E-state index in [1.54, 1.807) is 6.92 Å². The Kier molecular flexibility index (Phi) is 9.09. The van der Waals surface area contributed by atoms with Crippen molar-refractivity contribution in [2.45, 2.75) is 13.1 Å². The van der Waals surface area contributed by atoms with Crippen molar-refractivity contribution >= 4 is 41.4 Å². The third-order valence-corrected chi connectivity index (χ3v) is 4.35. The Morgan fingerprint density at radius 1 is 1.41 bits per heavy atom. The summed E-state index contributed by atoms with van der Waals surface area (Å²) in [5.41, 5.74) is -0.671. The first-order valence-electron chi connectivity index (χ1n) is 9.46. The second kappa shape index (κ2) is 11.6. The molecule has 2 amide bonds. The number of anilines is 2. The van der Waals surface area contributed by atoms with Crippen LogP contribution >= 0.6 is 11.6 Å². The fraction of sp³-hybridized carbons (Fsp3) is 0.316. The van der Waals surface area contributed by atoms with Crippen molar-refractivity contribution in [2.75, 3.05) is 37.1 Å². The second-order valence-corrected chi connectivity index (χ2v) is 6.83. The molecule has 15 heteroatoms. The fourth-order valence-corrected chi connectivity index (χ4v) is 2.65. The Morgan fingerprint density at radius 3 is 2.68 bits per heavy atom.